The van der Waals surface area contributed by atoms with Gasteiger partial charge in [0.05, 0.1) is 13.2 Å². The van der Waals surface area contributed by atoms with Gasteiger partial charge in [0, 0.05) is 19.3 Å². The van der Waals surface area contributed by atoms with E-state index in [0.717, 1.165) is 5.56 Å². The Balaban J connectivity index is 2.88. The predicted octanol–water partition coefficient (Wildman–Crippen LogP) is 0.941. The van der Waals surface area contributed by atoms with Crippen molar-refractivity contribution in [3.05, 3.63) is 35.9 Å². The Morgan fingerprint density at radius 3 is 2.32 bits per heavy atom. The zero-order valence-corrected chi connectivity index (χ0v) is 14.6. The second kappa shape index (κ2) is 10.1. The number of hydrogen-bond acceptors (Lipinski definition) is 5. The third-order valence-corrected chi connectivity index (χ3v) is 3.59. The van der Waals surface area contributed by atoms with E-state index in [1.807, 2.05) is 36.4 Å². The molecule has 0 aliphatic heterocycles. The topological polar surface area (TPSA) is 108 Å². The minimum absolute atomic E-state index is 0.132. The van der Waals surface area contributed by atoms with Gasteiger partial charge >= 0.3 is 5.97 Å². The van der Waals surface area contributed by atoms with Crippen LogP contribution in [0.2, 0.25) is 0 Å². The highest BCUT2D eigenvalue weighted by Gasteiger charge is 2.28. The number of hydrogen-bond donors (Lipinski definition) is 2. The molecule has 0 heterocycles. The number of rotatable bonds is 8. The zero-order chi connectivity index (χ0) is 18.8. The highest BCUT2D eigenvalue weighted by atomic mass is 16.5. The highest BCUT2D eigenvalue weighted by Crippen LogP contribution is 2.08. The molecule has 0 saturated heterocycles. The van der Waals surface area contributed by atoms with Crippen LogP contribution in [0.1, 0.15) is 25.8 Å². The minimum atomic E-state index is -0.945. The van der Waals surface area contributed by atoms with Crippen molar-refractivity contribution in [2.75, 3.05) is 7.11 Å². The summed E-state index contributed by atoms with van der Waals surface area (Å²) in [6.45, 7) is 2.97. The second-order valence-electron chi connectivity index (χ2n) is 5.79. The predicted molar refractivity (Wildman–Crippen MR) is 91.1 cm³/mol. The molecule has 3 atom stereocenters. The monoisotopic (exact) mass is 345 g/mol. The Morgan fingerprint density at radius 2 is 1.80 bits per heavy atom. The van der Waals surface area contributed by atoms with Crippen molar-refractivity contribution in [1.82, 2.24) is 10.6 Å². The van der Waals surface area contributed by atoms with Crippen LogP contribution in [0.4, 0.5) is 0 Å². The molecule has 0 fully saturated rings. The van der Waals surface area contributed by atoms with Crippen LogP contribution in [-0.2, 0) is 25.5 Å². The second-order valence-corrected chi connectivity index (χ2v) is 5.79. The molecule has 1 aromatic carbocycles. The van der Waals surface area contributed by atoms with Crippen molar-refractivity contribution in [3.8, 4) is 6.07 Å². The lowest BCUT2D eigenvalue weighted by Crippen LogP contribution is -2.52. The van der Waals surface area contributed by atoms with Gasteiger partial charge in [-0.2, -0.15) is 5.26 Å². The Hall–Kier alpha value is -2.88. The van der Waals surface area contributed by atoms with Gasteiger partial charge in [-0.25, -0.2) is 4.79 Å². The fourth-order valence-corrected chi connectivity index (χ4v) is 2.34. The van der Waals surface area contributed by atoms with E-state index in [2.05, 4.69) is 15.4 Å². The average Bonchev–Trinajstić information content (AvgIpc) is 2.60. The number of amides is 2. The smallest absolute Gasteiger partial charge is 0.328 e. The summed E-state index contributed by atoms with van der Waals surface area (Å²) in [6.07, 6.45) is 0.418. The fraction of sp³-hybridized carbons (Fsp3) is 0.444. The first-order valence-corrected chi connectivity index (χ1v) is 7.96. The van der Waals surface area contributed by atoms with Gasteiger partial charge in [-0.3, -0.25) is 9.59 Å². The molecule has 0 aliphatic rings. The number of carbonyl (C=O) groups is 3. The first kappa shape index (κ1) is 20.2. The number of benzene rings is 1. The molecule has 134 valence electrons. The van der Waals surface area contributed by atoms with Gasteiger partial charge in [-0.05, 0) is 18.9 Å². The Bertz CT molecular complexity index is 639. The summed E-state index contributed by atoms with van der Waals surface area (Å²) >= 11 is 0. The van der Waals surface area contributed by atoms with E-state index in [0.29, 0.717) is 0 Å². The van der Waals surface area contributed by atoms with Gasteiger partial charge in [0.2, 0.25) is 11.8 Å². The minimum Gasteiger partial charge on any atom is -0.467 e. The molecule has 0 spiro atoms. The molecule has 0 aromatic heterocycles. The van der Waals surface area contributed by atoms with Crippen LogP contribution in [-0.4, -0.2) is 37.0 Å². The third-order valence-electron chi connectivity index (χ3n) is 3.59. The molecule has 0 radical (unpaired) electrons. The van der Waals surface area contributed by atoms with E-state index in [1.54, 1.807) is 6.92 Å². The number of carbonyl (C=O) groups excluding carboxylic acids is 3. The van der Waals surface area contributed by atoms with E-state index in [1.165, 1.54) is 14.0 Å². The Morgan fingerprint density at radius 1 is 1.16 bits per heavy atom. The summed E-state index contributed by atoms with van der Waals surface area (Å²) < 4.78 is 4.69. The van der Waals surface area contributed by atoms with Crippen molar-refractivity contribution in [1.29, 1.82) is 5.26 Å². The SMILES string of the molecule is COC(=O)[C@@H](C[C@H](C)C#N)NC(=O)[C@H](Cc1ccccc1)NC(C)=O. The molecule has 0 bridgehead atoms. The summed E-state index contributed by atoms with van der Waals surface area (Å²) in [5.41, 5.74) is 0.872. The van der Waals surface area contributed by atoms with Gasteiger partial charge < -0.3 is 15.4 Å². The standard InChI is InChI=1S/C18H23N3O4/c1-12(11-19)9-16(18(24)25-3)21-17(23)15(20-13(2)22)10-14-7-5-4-6-8-14/h4-8,12,15-16H,9-10H2,1-3H3,(H,20,22)(H,21,23)/t12-,15-,16+/m0/s1. The van der Waals surface area contributed by atoms with E-state index in [9.17, 15) is 14.4 Å². The Kier molecular flexibility index (Phi) is 8.13. The van der Waals surface area contributed by atoms with E-state index in [4.69, 9.17) is 5.26 Å². The fourth-order valence-electron chi connectivity index (χ4n) is 2.34. The molecule has 2 N–H and O–H groups in total. The summed E-state index contributed by atoms with van der Waals surface area (Å²) in [6, 6.07) is 9.46. The summed E-state index contributed by atoms with van der Waals surface area (Å²) in [4.78, 5) is 35.9. The Labute approximate surface area is 147 Å². The van der Waals surface area contributed by atoms with E-state index >= 15 is 0 Å². The molecule has 1 aromatic rings. The van der Waals surface area contributed by atoms with Gasteiger partial charge in [-0.15, -0.1) is 0 Å². The van der Waals surface area contributed by atoms with Gasteiger partial charge in [0.1, 0.15) is 12.1 Å². The number of methoxy groups -OCH3 is 1. The maximum absolute atomic E-state index is 12.6. The highest BCUT2D eigenvalue weighted by molar-refractivity contribution is 5.90. The molecule has 2 amide bonds. The van der Waals surface area contributed by atoms with Gasteiger partial charge in [-0.1, -0.05) is 30.3 Å². The van der Waals surface area contributed by atoms with Crippen LogP contribution < -0.4 is 10.6 Å². The quantitative estimate of drug-likeness (QED) is 0.682. The van der Waals surface area contributed by atoms with Crippen molar-refractivity contribution in [2.24, 2.45) is 5.92 Å². The van der Waals surface area contributed by atoms with Crippen LogP contribution >= 0.6 is 0 Å². The number of nitrogens with one attached hydrogen (secondary N) is 2. The van der Waals surface area contributed by atoms with E-state index in [-0.39, 0.29) is 18.7 Å². The molecular formula is C18H23N3O4. The van der Waals surface area contributed by atoms with Crippen molar-refractivity contribution in [3.63, 3.8) is 0 Å². The number of ether oxygens (including phenoxy) is 1. The molecule has 1 rings (SSSR count). The average molecular weight is 345 g/mol. The maximum atomic E-state index is 12.6. The summed E-state index contributed by atoms with van der Waals surface area (Å²) in [5, 5.41) is 14.1. The molecule has 0 saturated carbocycles. The number of nitrogens with zero attached hydrogens (tertiary/aromatic N) is 1. The summed E-state index contributed by atoms with van der Waals surface area (Å²) in [7, 11) is 1.22. The van der Waals surface area contributed by atoms with E-state index < -0.39 is 29.9 Å². The van der Waals surface area contributed by atoms with Gasteiger partial charge in [0.15, 0.2) is 0 Å². The maximum Gasteiger partial charge on any atom is 0.328 e. The number of nitriles is 1. The molecular weight excluding hydrogens is 322 g/mol. The van der Waals surface area contributed by atoms with Crippen molar-refractivity contribution < 1.29 is 19.1 Å². The van der Waals surface area contributed by atoms with Crippen molar-refractivity contribution in [2.45, 2.75) is 38.8 Å². The molecule has 7 nitrogen and oxygen atoms in total. The lowest BCUT2D eigenvalue weighted by atomic mass is 10.0. The van der Waals surface area contributed by atoms with Crippen LogP contribution in [0.3, 0.4) is 0 Å². The first-order valence-electron chi connectivity index (χ1n) is 7.96. The molecule has 25 heavy (non-hydrogen) atoms. The van der Waals surface area contributed by atoms with Crippen LogP contribution in [0, 0.1) is 17.2 Å². The van der Waals surface area contributed by atoms with Crippen LogP contribution in [0.25, 0.3) is 0 Å². The van der Waals surface area contributed by atoms with Crippen LogP contribution in [0.15, 0.2) is 30.3 Å². The normalized spacial score (nSPS) is 13.7. The third kappa shape index (κ3) is 7.04. The number of esters is 1. The first-order chi connectivity index (χ1) is 11.9. The lowest BCUT2D eigenvalue weighted by molar-refractivity contribution is -0.145. The largest absolute Gasteiger partial charge is 0.467 e. The molecule has 0 aliphatic carbocycles. The van der Waals surface area contributed by atoms with Gasteiger partial charge in [0.25, 0.3) is 0 Å². The van der Waals surface area contributed by atoms with Crippen LogP contribution in [0.5, 0.6) is 0 Å². The lowest BCUT2D eigenvalue weighted by Gasteiger charge is -2.22. The molecule has 0 unspecified atom stereocenters. The molecule has 7 heteroatoms. The zero-order valence-electron chi connectivity index (χ0n) is 14.6. The summed E-state index contributed by atoms with van der Waals surface area (Å²) in [5.74, 6) is -1.91. The van der Waals surface area contributed by atoms with Crippen molar-refractivity contribution >= 4 is 17.8 Å².